The summed E-state index contributed by atoms with van der Waals surface area (Å²) in [5, 5.41) is 3.66. The van der Waals surface area contributed by atoms with Crippen LogP contribution in [-0.4, -0.2) is 43.8 Å². The van der Waals surface area contributed by atoms with Crippen molar-refractivity contribution in [1.82, 2.24) is 10.2 Å². The minimum Gasteiger partial charge on any atom is -0.376 e. The van der Waals surface area contributed by atoms with Crippen LogP contribution in [0.4, 0.5) is 0 Å². The third-order valence-electron chi connectivity index (χ3n) is 4.37. The number of ether oxygens (including phenoxy) is 1. The van der Waals surface area contributed by atoms with Gasteiger partial charge in [-0.1, -0.05) is 37.6 Å². The van der Waals surface area contributed by atoms with E-state index in [4.69, 9.17) is 4.74 Å². The normalized spacial score (nSPS) is 21.4. The minimum atomic E-state index is 0.403. The highest BCUT2D eigenvalue weighted by Gasteiger charge is 2.23. The van der Waals surface area contributed by atoms with E-state index in [9.17, 15) is 0 Å². The van der Waals surface area contributed by atoms with Crippen molar-refractivity contribution in [3.63, 3.8) is 0 Å². The van der Waals surface area contributed by atoms with Crippen molar-refractivity contribution in [2.75, 3.05) is 32.8 Å². The van der Waals surface area contributed by atoms with E-state index < -0.39 is 0 Å². The van der Waals surface area contributed by atoms with Crippen LogP contribution in [0.1, 0.15) is 43.0 Å². The van der Waals surface area contributed by atoms with Gasteiger partial charge in [-0.3, -0.25) is 4.90 Å². The fourth-order valence-electron chi connectivity index (χ4n) is 3.19. The number of hydrogen-bond acceptors (Lipinski definition) is 3. The Morgan fingerprint density at radius 2 is 2.14 bits per heavy atom. The van der Waals surface area contributed by atoms with Crippen LogP contribution in [0.3, 0.4) is 0 Å². The van der Waals surface area contributed by atoms with Crippen LogP contribution in [0.5, 0.6) is 0 Å². The number of benzene rings is 1. The highest BCUT2D eigenvalue weighted by atomic mass is 16.5. The Labute approximate surface area is 129 Å². The predicted octanol–water partition coefficient (Wildman–Crippen LogP) is 3.06. The average molecular weight is 290 g/mol. The fourth-order valence-corrected chi connectivity index (χ4v) is 3.19. The van der Waals surface area contributed by atoms with Crippen LogP contribution < -0.4 is 5.32 Å². The van der Waals surface area contributed by atoms with Crippen molar-refractivity contribution in [1.29, 1.82) is 0 Å². The summed E-state index contributed by atoms with van der Waals surface area (Å²) in [6.07, 6.45) is 1.51. The monoisotopic (exact) mass is 290 g/mol. The van der Waals surface area contributed by atoms with Crippen molar-refractivity contribution < 1.29 is 4.74 Å². The lowest BCUT2D eigenvalue weighted by Crippen LogP contribution is -2.45. The van der Waals surface area contributed by atoms with Gasteiger partial charge < -0.3 is 10.1 Å². The molecule has 1 fully saturated rings. The lowest BCUT2D eigenvalue weighted by atomic mass is 9.98. The molecule has 0 bridgehead atoms. The highest BCUT2D eigenvalue weighted by Crippen LogP contribution is 2.21. The third-order valence-corrected chi connectivity index (χ3v) is 4.37. The first-order valence-corrected chi connectivity index (χ1v) is 8.28. The molecule has 1 aliphatic heterocycles. The van der Waals surface area contributed by atoms with Gasteiger partial charge in [-0.05, 0) is 37.9 Å². The number of nitrogens with zero attached hydrogens (tertiary/aromatic N) is 1. The zero-order chi connectivity index (χ0) is 15.2. The van der Waals surface area contributed by atoms with E-state index in [1.165, 1.54) is 16.7 Å². The van der Waals surface area contributed by atoms with Gasteiger partial charge in [0.25, 0.3) is 0 Å². The molecule has 3 nitrogen and oxygen atoms in total. The molecule has 0 radical (unpaired) electrons. The van der Waals surface area contributed by atoms with Gasteiger partial charge >= 0.3 is 0 Å². The van der Waals surface area contributed by atoms with E-state index in [1.807, 2.05) is 0 Å². The summed E-state index contributed by atoms with van der Waals surface area (Å²) < 4.78 is 5.78. The van der Waals surface area contributed by atoms with Gasteiger partial charge in [0.1, 0.15) is 0 Å². The first-order chi connectivity index (χ1) is 10.1. The predicted molar refractivity (Wildman–Crippen MR) is 88.8 cm³/mol. The van der Waals surface area contributed by atoms with Crippen molar-refractivity contribution >= 4 is 0 Å². The molecule has 21 heavy (non-hydrogen) atoms. The van der Waals surface area contributed by atoms with Gasteiger partial charge in [-0.25, -0.2) is 0 Å². The molecule has 1 aromatic carbocycles. The Bertz CT molecular complexity index is 447. The fraction of sp³-hybridized carbons (Fsp3) is 0.667. The van der Waals surface area contributed by atoms with Gasteiger partial charge in [0, 0.05) is 25.7 Å². The van der Waals surface area contributed by atoms with Gasteiger partial charge in [0.15, 0.2) is 0 Å². The maximum atomic E-state index is 5.78. The summed E-state index contributed by atoms with van der Waals surface area (Å²) >= 11 is 0. The summed E-state index contributed by atoms with van der Waals surface area (Å²) in [6, 6.07) is 7.20. The molecule has 0 aliphatic carbocycles. The molecule has 1 heterocycles. The van der Waals surface area contributed by atoms with E-state index in [0.717, 1.165) is 39.2 Å². The molecule has 1 saturated heterocycles. The molecular formula is C18H30N2O. The Morgan fingerprint density at radius 3 is 2.81 bits per heavy atom. The molecule has 2 atom stereocenters. The summed E-state index contributed by atoms with van der Waals surface area (Å²) in [7, 11) is 0. The molecule has 1 aliphatic rings. The standard InChI is InChI=1S/C18H30N2O/c1-5-16-12-20(9-10-21-16)13-18(19-6-2)17-8-7-14(3)11-15(17)4/h7-8,11,16,18-19H,5-6,9-10,12-13H2,1-4H3. The van der Waals surface area contributed by atoms with Crippen LogP contribution in [0.2, 0.25) is 0 Å². The summed E-state index contributed by atoms with van der Waals surface area (Å²) in [5.74, 6) is 0. The number of rotatable bonds is 6. The van der Waals surface area contributed by atoms with Crippen LogP contribution in [0, 0.1) is 13.8 Å². The van der Waals surface area contributed by atoms with Crippen LogP contribution in [0.15, 0.2) is 18.2 Å². The topological polar surface area (TPSA) is 24.5 Å². The van der Waals surface area contributed by atoms with E-state index in [2.05, 4.69) is 56.1 Å². The number of aryl methyl sites for hydroxylation is 2. The first kappa shape index (κ1) is 16.5. The van der Waals surface area contributed by atoms with Crippen molar-refractivity contribution in [3.05, 3.63) is 34.9 Å². The van der Waals surface area contributed by atoms with Gasteiger partial charge in [0.05, 0.1) is 12.7 Å². The van der Waals surface area contributed by atoms with Crippen LogP contribution in [0.25, 0.3) is 0 Å². The summed E-state index contributed by atoms with van der Waals surface area (Å²) in [5.41, 5.74) is 4.16. The molecule has 3 heteroatoms. The second-order valence-electron chi connectivity index (χ2n) is 6.13. The summed E-state index contributed by atoms with van der Waals surface area (Å²) in [4.78, 5) is 2.55. The van der Waals surface area contributed by atoms with Gasteiger partial charge in [-0.15, -0.1) is 0 Å². The molecular weight excluding hydrogens is 260 g/mol. The maximum Gasteiger partial charge on any atom is 0.0700 e. The zero-order valence-corrected chi connectivity index (χ0v) is 14.0. The highest BCUT2D eigenvalue weighted by molar-refractivity contribution is 5.33. The van der Waals surface area contributed by atoms with Crippen LogP contribution >= 0.6 is 0 Å². The molecule has 2 unspecified atom stereocenters. The lowest BCUT2D eigenvalue weighted by Gasteiger charge is -2.35. The van der Waals surface area contributed by atoms with Gasteiger partial charge in [0.2, 0.25) is 0 Å². The molecule has 1 N–H and O–H groups in total. The third kappa shape index (κ3) is 4.53. The second kappa shape index (κ2) is 7.92. The Kier molecular flexibility index (Phi) is 6.22. The van der Waals surface area contributed by atoms with Crippen molar-refractivity contribution in [3.8, 4) is 0 Å². The number of hydrogen-bond donors (Lipinski definition) is 1. The maximum absolute atomic E-state index is 5.78. The minimum absolute atomic E-state index is 0.403. The lowest BCUT2D eigenvalue weighted by molar-refractivity contribution is -0.0322. The molecule has 0 saturated carbocycles. The van der Waals surface area contributed by atoms with Crippen LogP contribution in [-0.2, 0) is 4.74 Å². The first-order valence-electron chi connectivity index (χ1n) is 8.28. The smallest absolute Gasteiger partial charge is 0.0700 e. The van der Waals surface area contributed by atoms with Crippen molar-refractivity contribution in [2.45, 2.75) is 46.3 Å². The Hall–Kier alpha value is -0.900. The van der Waals surface area contributed by atoms with Crippen molar-refractivity contribution in [2.24, 2.45) is 0 Å². The van der Waals surface area contributed by atoms with E-state index in [1.54, 1.807) is 0 Å². The molecule has 118 valence electrons. The zero-order valence-electron chi connectivity index (χ0n) is 14.0. The largest absolute Gasteiger partial charge is 0.376 e. The number of likely N-dealkylation sites (N-methyl/N-ethyl adjacent to an activating group) is 1. The number of morpholine rings is 1. The molecule has 0 spiro atoms. The van der Waals surface area contributed by atoms with E-state index in [0.29, 0.717) is 12.1 Å². The second-order valence-corrected chi connectivity index (χ2v) is 6.13. The molecule has 1 aromatic rings. The van der Waals surface area contributed by atoms with Gasteiger partial charge in [-0.2, -0.15) is 0 Å². The molecule has 0 aromatic heterocycles. The SMILES string of the molecule is CCNC(CN1CCOC(CC)C1)c1ccc(C)cc1C. The summed E-state index contributed by atoms with van der Waals surface area (Å²) in [6.45, 7) is 13.8. The molecule has 0 amide bonds. The Balaban J connectivity index is 2.07. The average Bonchev–Trinajstić information content (AvgIpc) is 2.47. The van der Waals surface area contributed by atoms with E-state index >= 15 is 0 Å². The number of nitrogens with one attached hydrogen (secondary N) is 1. The quantitative estimate of drug-likeness (QED) is 0.871. The molecule has 2 rings (SSSR count). The van der Waals surface area contributed by atoms with E-state index in [-0.39, 0.29) is 0 Å². The Morgan fingerprint density at radius 1 is 1.33 bits per heavy atom.